The van der Waals surface area contributed by atoms with E-state index in [-0.39, 0.29) is 5.92 Å². The summed E-state index contributed by atoms with van der Waals surface area (Å²) < 4.78 is 5.81. The third-order valence-electron chi connectivity index (χ3n) is 4.58. The number of rotatable bonds is 3. The van der Waals surface area contributed by atoms with Gasteiger partial charge in [0.25, 0.3) is 0 Å². The molecule has 4 unspecified atom stereocenters. The van der Waals surface area contributed by atoms with Crippen molar-refractivity contribution >= 4 is 0 Å². The summed E-state index contributed by atoms with van der Waals surface area (Å²) in [4.78, 5) is 2.39. The largest absolute Gasteiger partial charge is 0.377 e. The Morgan fingerprint density at radius 1 is 1.28 bits per heavy atom. The van der Waals surface area contributed by atoms with Crippen LogP contribution in [-0.4, -0.2) is 37.2 Å². The molecule has 4 atom stereocenters. The summed E-state index contributed by atoms with van der Waals surface area (Å²) in [7, 11) is 2.17. The maximum atomic E-state index is 9.29. The molecule has 1 aliphatic carbocycles. The molecule has 0 spiro atoms. The average molecular weight is 250 g/mol. The lowest BCUT2D eigenvalue weighted by atomic mass is 9.79. The molecular formula is C15H26N2O. The van der Waals surface area contributed by atoms with Gasteiger partial charge in [-0.3, -0.25) is 4.90 Å². The van der Waals surface area contributed by atoms with Crippen LogP contribution in [0.1, 0.15) is 45.4 Å². The molecule has 1 heterocycles. The van der Waals surface area contributed by atoms with Gasteiger partial charge in [0.2, 0.25) is 0 Å². The van der Waals surface area contributed by atoms with Crippen molar-refractivity contribution in [2.75, 3.05) is 20.2 Å². The number of nitrogens with zero attached hydrogens (tertiary/aromatic N) is 2. The molecule has 2 rings (SSSR count). The number of likely N-dealkylation sites (N-methyl/N-ethyl adjacent to an activating group) is 1. The molecule has 102 valence electrons. The maximum absolute atomic E-state index is 9.29. The van der Waals surface area contributed by atoms with E-state index in [1.807, 2.05) is 0 Å². The Morgan fingerprint density at radius 3 is 2.78 bits per heavy atom. The monoisotopic (exact) mass is 250 g/mol. The first kappa shape index (κ1) is 13.8. The van der Waals surface area contributed by atoms with Crippen LogP contribution >= 0.6 is 0 Å². The van der Waals surface area contributed by atoms with E-state index in [1.54, 1.807) is 0 Å². The summed E-state index contributed by atoms with van der Waals surface area (Å²) in [5.74, 6) is 0.976. The molecule has 3 nitrogen and oxygen atoms in total. The summed E-state index contributed by atoms with van der Waals surface area (Å²) >= 11 is 0. The zero-order valence-electron chi connectivity index (χ0n) is 11.8. The molecule has 3 heteroatoms. The van der Waals surface area contributed by atoms with E-state index >= 15 is 0 Å². The summed E-state index contributed by atoms with van der Waals surface area (Å²) in [5, 5.41) is 9.29. The second-order valence-electron chi connectivity index (χ2n) is 6.15. The molecule has 2 fully saturated rings. The van der Waals surface area contributed by atoms with Crippen LogP contribution in [-0.2, 0) is 4.74 Å². The van der Waals surface area contributed by atoms with Crippen LogP contribution in [0.5, 0.6) is 0 Å². The van der Waals surface area contributed by atoms with Crippen LogP contribution in [0.15, 0.2) is 0 Å². The lowest BCUT2D eigenvalue weighted by Crippen LogP contribution is -2.45. The molecule has 1 saturated carbocycles. The molecule has 0 aromatic heterocycles. The normalized spacial score (nSPS) is 37.4. The van der Waals surface area contributed by atoms with Crippen molar-refractivity contribution in [3.05, 3.63) is 0 Å². The Balaban J connectivity index is 1.89. The van der Waals surface area contributed by atoms with Crippen LogP contribution < -0.4 is 0 Å². The summed E-state index contributed by atoms with van der Waals surface area (Å²) in [6.07, 6.45) is 7.52. The highest BCUT2D eigenvalue weighted by atomic mass is 16.5. The average Bonchev–Trinajstić information content (AvgIpc) is 2.40. The number of hydrogen-bond acceptors (Lipinski definition) is 3. The fraction of sp³-hybridized carbons (Fsp3) is 0.933. The van der Waals surface area contributed by atoms with Gasteiger partial charge in [-0.25, -0.2) is 0 Å². The number of ether oxygens (including phenoxy) is 1. The summed E-state index contributed by atoms with van der Waals surface area (Å²) in [6.45, 7) is 4.22. The molecule has 18 heavy (non-hydrogen) atoms. The van der Waals surface area contributed by atoms with Crippen molar-refractivity contribution in [3.8, 4) is 6.07 Å². The van der Waals surface area contributed by atoms with Crippen molar-refractivity contribution in [2.45, 2.75) is 57.6 Å². The van der Waals surface area contributed by atoms with Crippen LogP contribution in [0.25, 0.3) is 0 Å². The maximum Gasteiger partial charge on any atom is 0.0702 e. The van der Waals surface area contributed by atoms with Gasteiger partial charge in [0.15, 0.2) is 0 Å². The van der Waals surface area contributed by atoms with E-state index in [0.29, 0.717) is 12.1 Å². The minimum absolute atomic E-state index is 0.217. The van der Waals surface area contributed by atoms with Crippen molar-refractivity contribution in [1.82, 2.24) is 4.90 Å². The predicted molar refractivity (Wildman–Crippen MR) is 72.1 cm³/mol. The van der Waals surface area contributed by atoms with Gasteiger partial charge < -0.3 is 4.74 Å². The second-order valence-corrected chi connectivity index (χ2v) is 6.15. The lowest BCUT2D eigenvalue weighted by molar-refractivity contribution is -0.0162. The summed E-state index contributed by atoms with van der Waals surface area (Å²) in [6, 6.07) is 2.94. The van der Waals surface area contributed by atoms with Gasteiger partial charge >= 0.3 is 0 Å². The van der Waals surface area contributed by atoms with E-state index in [4.69, 9.17) is 4.74 Å². The molecule has 1 aliphatic heterocycles. The first-order valence-corrected chi connectivity index (χ1v) is 7.42. The molecule has 2 aliphatic rings. The highest BCUT2D eigenvalue weighted by molar-refractivity contribution is 4.96. The fourth-order valence-corrected chi connectivity index (χ4v) is 3.40. The van der Waals surface area contributed by atoms with Gasteiger partial charge in [-0.1, -0.05) is 6.92 Å². The SMILES string of the molecule is CC1CCC(C#N)C(N(C)CC2CCCCO2)C1. The van der Waals surface area contributed by atoms with Crippen LogP contribution in [0.2, 0.25) is 0 Å². The van der Waals surface area contributed by atoms with E-state index < -0.39 is 0 Å². The van der Waals surface area contributed by atoms with Crippen molar-refractivity contribution in [2.24, 2.45) is 11.8 Å². The van der Waals surface area contributed by atoms with Crippen molar-refractivity contribution in [3.63, 3.8) is 0 Å². The zero-order chi connectivity index (χ0) is 13.0. The Morgan fingerprint density at radius 2 is 2.11 bits per heavy atom. The number of nitriles is 1. The minimum Gasteiger partial charge on any atom is -0.377 e. The number of hydrogen-bond donors (Lipinski definition) is 0. The lowest BCUT2D eigenvalue weighted by Gasteiger charge is -2.39. The quantitative estimate of drug-likeness (QED) is 0.773. The standard InChI is InChI=1S/C15H26N2O/c1-12-6-7-13(10-16)15(9-12)17(2)11-14-5-3-4-8-18-14/h12-15H,3-9,11H2,1-2H3. The van der Waals surface area contributed by atoms with Gasteiger partial charge in [-0.15, -0.1) is 0 Å². The first-order chi connectivity index (χ1) is 8.70. The second kappa shape index (κ2) is 6.54. The Kier molecular flexibility index (Phi) is 5.03. The van der Waals surface area contributed by atoms with Gasteiger partial charge in [0.05, 0.1) is 18.1 Å². The fourth-order valence-electron chi connectivity index (χ4n) is 3.40. The topological polar surface area (TPSA) is 36.3 Å². The van der Waals surface area contributed by atoms with Gasteiger partial charge in [-0.2, -0.15) is 5.26 Å². The molecule has 0 bridgehead atoms. The Bertz CT molecular complexity index is 293. The van der Waals surface area contributed by atoms with E-state index in [0.717, 1.165) is 25.5 Å². The van der Waals surface area contributed by atoms with E-state index in [9.17, 15) is 5.26 Å². The van der Waals surface area contributed by atoms with Crippen LogP contribution in [0.4, 0.5) is 0 Å². The van der Waals surface area contributed by atoms with Gasteiger partial charge in [-0.05, 0) is 51.5 Å². The zero-order valence-corrected chi connectivity index (χ0v) is 11.8. The third kappa shape index (κ3) is 3.46. The van der Waals surface area contributed by atoms with Crippen molar-refractivity contribution in [1.29, 1.82) is 5.26 Å². The summed E-state index contributed by atoms with van der Waals surface area (Å²) in [5.41, 5.74) is 0. The third-order valence-corrected chi connectivity index (χ3v) is 4.58. The smallest absolute Gasteiger partial charge is 0.0702 e. The molecule has 1 saturated heterocycles. The highest BCUT2D eigenvalue weighted by Gasteiger charge is 2.32. The van der Waals surface area contributed by atoms with Crippen molar-refractivity contribution < 1.29 is 4.74 Å². The Labute approximate surface area is 111 Å². The molecule has 0 aromatic carbocycles. The van der Waals surface area contributed by atoms with Crippen LogP contribution in [0.3, 0.4) is 0 Å². The Hall–Kier alpha value is -0.590. The molecule has 0 amide bonds. The van der Waals surface area contributed by atoms with Crippen LogP contribution in [0, 0.1) is 23.2 Å². The molecule has 0 N–H and O–H groups in total. The first-order valence-electron chi connectivity index (χ1n) is 7.42. The predicted octanol–water partition coefficient (Wildman–Crippen LogP) is 2.82. The molecule has 0 aromatic rings. The van der Waals surface area contributed by atoms with Gasteiger partial charge in [0.1, 0.15) is 0 Å². The minimum atomic E-state index is 0.217. The highest BCUT2D eigenvalue weighted by Crippen LogP contribution is 2.31. The molecular weight excluding hydrogens is 224 g/mol. The van der Waals surface area contributed by atoms with E-state index in [2.05, 4.69) is 24.9 Å². The molecule has 0 radical (unpaired) electrons. The van der Waals surface area contributed by atoms with Gasteiger partial charge in [0, 0.05) is 19.2 Å². The van der Waals surface area contributed by atoms with E-state index in [1.165, 1.54) is 32.1 Å².